The van der Waals surface area contributed by atoms with E-state index in [9.17, 15) is 29.7 Å². The number of nitrogens with one attached hydrogen (secondary N) is 3. The molecule has 3 atom stereocenters. The fourth-order valence-corrected chi connectivity index (χ4v) is 3.93. The number of rotatable bonds is 18. The zero-order valence-electron chi connectivity index (χ0n) is 18.6. The summed E-state index contributed by atoms with van der Waals surface area (Å²) in [5.74, 6) is -1.87. The van der Waals surface area contributed by atoms with Gasteiger partial charge in [-0.2, -0.15) is 50.2 Å². The molecule has 1 heterocycles. The van der Waals surface area contributed by atoms with Gasteiger partial charge in [-0.1, -0.05) is 0 Å². The molecule has 0 aromatic carbocycles. The number of thioether (sulfide) groups is 3. The highest BCUT2D eigenvalue weighted by Gasteiger charge is 2.24. The van der Waals surface area contributed by atoms with Crippen LogP contribution in [0.2, 0.25) is 0 Å². The average Bonchev–Trinajstić information content (AvgIpc) is 2.76. The SMILES string of the molecule is CSCCC(Nc1nc(NC(CCSC)C(=O)O)nc(NC(CCSC)C(=O)O)n1)C(=O)O. The van der Waals surface area contributed by atoms with E-state index in [-0.39, 0.29) is 17.8 Å². The first kappa shape index (κ1) is 28.9. The fourth-order valence-electron chi connectivity index (χ4n) is 2.52. The molecule has 0 amide bonds. The summed E-state index contributed by atoms with van der Waals surface area (Å²) in [4.78, 5) is 47.2. The summed E-state index contributed by atoms with van der Waals surface area (Å²) in [6, 6.07) is -2.96. The molecule has 3 unspecified atom stereocenters. The third kappa shape index (κ3) is 11.0. The Labute approximate surface area is 204 Å². The maximum atomic E-state index is 11.6. The van der Waals surface area contributed by atoms with Gasteiger partial charge in [0.2, 0.25) is 17.8 Å². The van der Waals surface area contributed by atoms with E-state index in [4.69, 9.17) is 0 Å². The molecule has 0 aliphatic carbocycles. The zero-order chi connectivity index (χ0) is 24.8. The largest absolute Gasteiger partial charge is 0.480 e. The maximum absolute atomic E-state index is 11.6. The number of aromatic nitrogens is 3. The van der Waals surface area contributed by atoms with Crippen molar-refractivity contribution in [3.05, 3.63) is 0 Å². The van der Waals surface area contributed by atoms with Crippen molar-refractivity contribution >= 4 is 71.0 Å². The van der Waals surface area contributed by atoms with Crippen LogP contribution in [0.25, 0.3) is 0 Å². The lowest BCUT2D eigenvalue weighted by atomic mass is 10.2. The number of nitrogens with zero attached hydrogens (tertiary/aromatic N) is 3. The summed E-state index contributed by atoms with van der Waals surface area (Å²) >= 11 is 4.46. The molecule has 0 saturated heterocycles. The van der Waals surface area contributed by atoms with E-state index in [2.05, 4.69) is 30.9 Å². The summed E-state index contributed by atoms with van der Waals surface area (Å²) in [6.07, 6.45) is 6.45. The van der Waals surface area contributed by atoms with Crippen LogP contribution in [-0.2, 0) is 14.4 Å². The first-order valence-electron chi connectivity index (χ1n) is 9.92. The molecule has 186 valence electrons. The van der Waals surface area contributed by atoms with E-state index >= 15 is 0 Å². The second kappa shape index (κ2) is 15.7. The molecule has 0 bridgehead atoms. The normalized spacial score (nSPS) is 13.5. The van der Waals surface area contributed by atoms with E-state index in [1.165, 1.54) is 35.3 Å². The van der Waals surface area contributed by atoms with Crippen molar-refractivity contribution in [3.8, 4) is 0 Å². The molecule has 15 heteroatoms. The van der Waals surface area contributed by atoms with Crippen molar-refractivity contribution < 1.29 is 29.7 Å². The van der Waals surface area contributed by atoms with Crippen LogP contribution < -0.4 is 16.0 Å². The number of carboxylic acids is 3. The molecular weight excluding hydrogens is 492 g/mol. The predicted octanol–water partition coefficient (Wildman–Crippen LogP) is 1.73. The smallest absolute Gasteiger partial charge is 0.326 e. The fraction of sp³-hybridized carbons (Fsp3) is 0.667. The molecule has 1 aromatic rings. The van der Waals surface area contributed by atoms with Crippen LogP contribution in [0.4, 0.5) is 17.8 Å². The second-order valence-electron chi connectivity index (χ2n) is 6.76. The van der Waals surface area contributed by atoms with Crippen molar-refractivity contribution in [2.24, 2.45) is 0 Å². The summed E-state index contributed by atoms with van der Waals surface area (Å²) < 4.78 is 0. The molecule has 0 aliphatic rings. The number of hydrogen-bond donors (Lipinski definition) is 6. The standard InChI is InChI=1S/C18H30N6O6S3/c1-31-7-4-10(13(25)26)19-16-22-17(20-11(14(27)28)5-8-32-2)24-18(23-16)21-12(15(29)30)6-9-33-3/h10-12H,4-9H2,1-3H3,(H,25,26)(H,27,28)(H,29,30)(H3,19,20,21,22,23,24). The van der Waals surface area contributed by atoms with Gasteiger partial charge in [0.15, 0.2) is 0 Å². The minimum absolute atomic E-state index is 0.105. The molecule has 6 N–H and O–H groups in total. The average molecular weight is 523 g/mol. The summed E-state index contributed by atoms with van der Waals surface area (Å²) in [5, 5.41) is 36.7. The lowest BCUT2D eigenvalue weighted by Crippen LogP contribution is -2.34. The Morgan fingerprint density at radius 2 is 0.879 bits per heavy atom. The molecule has 0 aliphatic heterocycles. The van der Waals surface area contributed by atoms with Gasteiger partial charge in [0.25, 0.3) is 0 Å². The molecule has 0 radical (unpaired) electrons. The number of carboxylic acid groups (broad SMARTS) is 3. The van der Waals surface area contributed by atoms with Crippen LogP contribution in [-0.4, -0.2) is 102 Å². The summed E-state index contributed by atoms with van der Waals surface area (Å²) in [5.41, 5.74) is 0. The van der Waals surface area contributed by atoms with E-state index in [1.807, 2.05) is 18.8 Å². The number of hydrogen-bond acceptors (Lipinski definition) is 12. The van der Waals surface area contributed by atoms with Gasteiger partial charge < -0.3 is 31.3 Å². The molecule has 0 spiro atoms. The number of carbonyl (C=O) groups is 3. The molecule has 12 nitrogen and oxygen atoms in total. The van der Waals surface area contributed by atoms with Crippen LogP contribution in [0.5, 0.6) is 0 Å². The van der Waals surface area contributed by atoms with Crippen LogP contribution >= 0.6 is 35.3 Å². The van der Waals surface area contributed by atoms with Gasteiger partial charge in [-0.15, -0.1) is 0 Å². The lowest BCUT2D eigenvalue weighted by Gasteiger charge is -2.19. The number of aliphatic carboxylic acids is 3. The quantitative estimate of drug-likeness (QED) is 0.163. The molecule has 0 fully saturated rings. The Kier molecular flexibility index (Phi) is 13.7. The van der Waals surface area contributed by atoms with Gasteiger partial charge in [-0.05, 0) is 55.3 Å². The second-order valence-corrected chi connectivity index (χ2v) is 9.71. The van der Waals surface area contributed by atoms with Gasteiger partial charge in [-0.3, -0.25) is 0 Å². The van der Waals surface area contributed by atoms with Crippen molar-refractivity contribution in [2.45, 2.75) is 37.4 Å². The first-order chi connectivity index (χ1) is 15.7. The van der Waals surface area contributed by atoms with Crippen molar-refractivity contribution in [2.75, 3.05) is 52.0 Å². The predicted molar refractivity (Wildman–Crippen MR) is 134 cm³/mol. The Hall–Kier alpha value is -2.13. The van der Waals surface area contributed by atoms with Gasteiger partial charge >= 0.3 is 17.9 Å². The first-order valence-corrected chi connectivity index (χ1v) is 14.1. The van der Waals surface area contributed by atoms with Gasteiger partial charge in [-0.25, -0.2) is 14.4 Å². The minimum atomic E-state index is -1.10. The van der Waals surface area contributed by atoms with E-state index in [0.717, 1.165) is 0 Å². The van der Waals surface area contributed by atoms with Crippen LogP contribution in [0, 0.1) is 0 Å². The van der Waals surface area contributed by atoms with Crippen molar-refractivity contribution in [1.82, 2.24) is 15.0 Å². The Morgan fingerprint density at radius 1 is 0.636 bits per heavy atom. The van der Waals surface area contributed by atoms with Gasteiger partial charge in [0.1, 0.15) is 18.1 Å². The highest BCUT2D eigenvalue weighted by atomic mass is 32.2. The molecule has 1 rings (SSSR count). The third-order valence-corrected chi connectivity index (χ3v) is 6.20. The van der Waals surface area contributed by atoms with E-state index in [0.29, 0.717) is 36.5 Å². The Morgan fingerprint density at radius 3 is 1.06 bits per heavy atom. The van der Waals surface area contributed by atoms with Gasteiger partial charge in [0.05, 0.1) is 0 Å². The Balaban J connectivity index is 3.25. The molecule has 0 saturated carbocycles. The van der Waals surface area contributed by atoms with Crippen LogP contribution in [0.15, 0.2) is 0 Å². The zero-order valence-corrected chi connectivity index (χ0v) is 21.1. The van der Waals surface area contributed by atoms with Crippen molar-refractivity contribution in [1.29, 1.82) is 0 Å². The maximum Gasteiger partial charge on any atom is 0.326 e. The molecule has 33 heavy (non-hydrogen) atoms. The molecule has 1 aromatic heterocycles. The minimum Gasteiger partial charge on any atom is -0.480 e. The monoisotopic (exact) mass is 522 g/mol. The molecular formula is C18H30N6O6S3. The lowest BCUT2D eigenvalue weighted by molar-refractivity contribution is -0.138. The topological polar surface area (TPSA) is 187 Å². The van der Waals surface area contributed by atoms with Crippen LogP contribution in [0.1, 0.15) is 19.3 Å². The highest BCUT2D eigenvalue weighted by molar-refractivity contribution is 7.98. The Bertz CT molecular complexity index is 678. The van der Waals surface area contributed by atoms with E-state index in [1.54, 1.807) is 0 Å². The third-order valence-electron chi connectivity index (χ3n) is 4.27. The van der Waals surface area contributed by atoms with Crippen molar-refractivity contribution in [3.63, 3.8) is 0 Å². The van der Waals surface area contributed by atoms with E-state index < -0.39 is 36.0 Å². The number of anilines is 3. The van der Waals surface area contributed by atoms with Crippen LogP contribution in [0.3, 0.4) is 0 Å². The van der Waals surface area contributed by atoms with Gasteiger partial charge in [0, 0.05) is 0 Å². The summed E-state index contributed by atoms with van der Waals surface area (Å²) in [6.45, 7) is 0. The highest BCUT2D eigenvalue weighted by Crippen LogP contribution is 2.16. The summed E-state index contributed by atoms with van der Waals surface area (Å²) in [7, 11) is 0.